The van der Waals surface area contributed by atoms with Gasteiger partial charge in [0, 0.05) is 38.1 Å². The van der Waals surface area contributed by atoms with Gasteiger partial charge in [-0.25, -0.2) is 9.97 Å². The quantitative estimate of drug-likeness (QED) is 0.836. The van der Waals surface area contributed by atoms with Crippen LogP contribution in [-0.2, 0) is 0 Å². The topological polar surface area (TPSA) is 49.3 Å². The second-order valence-electron chi connectivity index (χ2n) is 5.50. The molecule has 1 aromatic heterocycles. The Morgan fingerprint density at radius 1 is 1.24 bits per heavy atom. The molecule has 1 aromatic rings. The summed E-state index contributed by atoms with van der Waals surface area (Å²) >= 11 is 0. The van der Waals surface area contributed by atoms with Crippen LogP contribution in [-0.4, -0.2) is 46.5 Å². The molecule has 2 heterocycles. The second-order valence-corrected chi connectivity index (χ2v) is 5.50. The van der Waals surface area contributed by atoms with Crippen LogP contribution in [0.4, 0.5) is 5.95 Å². The van der Waals surface area contributed by atoms with Crippen molar-refractivity contribution >= 4 is 11.9 Å². The van der Waals surface area contributed by atoms with Gasteiger partial charge in [0.15, 0.2) is 0 Å². The number of rotatable bonds is 5. The molecule has 0 saturated carbocycles. The number of carbonyl (C=O) groups excluding carboxylic acids is 1. The maximum atomic E-state index is 12.2. The minimum absolute atomic E-state index is 0.0113. The molecule has 0 N–H and O–H groups in total. The van der Waals surface area contributed by atoms with Crippen LogP contribution in [0.2, 0.25) is 0 Å². The van der Waals surface area contributed by atoms with Crippen molar-refractivity contribution in [2.45, 2.75) is 52.5 Å². The Morgan fingerprint density at radius 3 is 2.48 bits per heavy atom. The Bertz CT molecular complexity index is 456. The van der Waals surface area contributed by atoms with Crippen molar-refractivity contribution < 1.29 is 4.79 Å². The highest BCUT2D eigenvalue weighted by Gasteiger charge is 2.23. The van der Waals surface area contributed by atoms with E-state index in [1.165, 1.54) is 19.3 Å². The van der Waals surface area contributed by atoms with E-state index in [-0.39, 0.29) is 5.91 Å². The fourth-order valence-corrected chi connectivity index (χ4v) is 2.96. The van der Waals surface area contributed by atoms with Gasteiger partial charge in [-0.1, -0.05) is 6.92 Å². The van der Waals surface area contributed by atoms with Gasteiger partial charge in [-0.15, -0.1) is 0 Å². The van der Waals surface area contributed by atoms with E-state index in [4.69, 9.17) is 0 Å². The third kappa shape index (κ3) is 3.52. The lowest BCUT2D eigenvalue weighted by Crippen LogP contribution is -2.40. The fourth-order valence-electron chi connectivity index (χ4n) is 2.96. The summed E-state index contributed by atoms with van der Waals surface area (Å²) in [5.41, 5.74) is 0.576. The summed E-state index contributed by atoms with van der Waals surface area (Å²) in [7, 11) is 0. The number of carbonyl (C=O) groups is 1. The van der Waals surface area contributed by atoms with Crippen LogP contribution in [0.15, 0.2) is 12.4 Å². The van der Waals surface area contributed by atoms with Crippen molar-refractivity contribution in [2.75, 3.05) is 24.5 Å². The molecule has 1 aliphatic rings. The molecule has 0 spiro atoms. The average Bonchev–Trinajstić information content (AvgIpc) is 2.56. The number of hydrogen-bond donors (Lipinski definition) is 0. The number of piperidine rings is 1. The van der Waals surface area contributed by atoms with Gasteiger partial charge in [-0.05, 0) is 39.5 Å². The molecule has 1 unspecified atom stereocenters. The summed E-state index contributed by atoms with van der Waals surface area (Å²) in [5, 5.41) is 0. The van der Waals surface area contributed by atoms with Gasteiger partial charge in [0.2, 0.25) is 5.95 Å². The van der Waals surface area contributed by atoms with E-state index in [1.54, 1.807) is 17.3 Å². The van der Waals surface area contributed by atoms with E-state index < -0.39 is 0 Å². The Hall–Kier alpha value is -1.65. The van der Waals surface area contributed by atoms with Crippen LogP contribution in [0.25, 0.3) is 0 Å². The molecule has 21 heavy (non-hydrogen) atoms. The molecule has 1 amide bonds. The second kappa shape index (κ2) is 7.38. The van der Waals surface area contributed by atoms with Gasteiger partial charge in [0.1, 0.15) is 0 Å². The van der Waals surface area contributed by atoms with Gasteiger partial charge >= 0.3 is 0 Å². The van der Waals surface area contributed by atoms with Crippen LogP contribution in [0.5, 0.6) is 0 Å². The lowest BCUT2D eigenvalue weighted by Gasteiger charge is -2.35. The standard InChI is InChI=1S/C16H26N4O/c1-4-14-9-7-8-10-20(14)16-17-11-13(12-18-16)15(21)19(5-2)6-3/h11-12,14H,4-10H2,1-3H3. The van der Waals surface area contributed by atoms with Crippen LogP contribution in [0, 0.1) is 0 Å². The lowest BCUT2D eigenvalue weighted by atomic mass is 10.0. The number of anilines is 1. The highest BCUT2D eigenvalue weighted by atomic mass is 16.2. The van der Waals surface area contributed by atoms with Gasteiger partial charge in [-0.3, -0.25) is 4.79 Å². The van der Waals surface area contributed by atoms with Crippen LogP contribution >= 0.6 is 0 Å². The highest BCUT2D eigenvalue weighted by Crippen LogP contribution is 2.23. The number of aromatic nitrogens is 2. The summed E-state index contributed by atoms with van der Waals surface area (Å²) in [6.07, 6.45) is 8.14. The first-order valence-corrected chi connectivity index (χ1v) is 8.09. The average molecular weight is 290 g/mol. The third-order valence-corrected chi connectivity index (χ3v) is 4.29. The van der Waals surface area contributed by atoms with E-state index in [0.29, 0.717) is 24.7 Å². The molecule has 1 saturated heterocycles. The smallest absolute Gasteiger partial charge is 0.256 e. The summed E-state index contributed by atoms with van der Waals surface area (Å²) in [6, 6.07) is 0.531. The van der Waals surface area contributed by atoms with E-state index in [9.17, 15) is 4.79 Å². The number of hydrogen-bond acceptors (Lipinski definition) is 4. The molecule has 1 atom stereocenters. The molecule has 1 aliphatic heterocycles. The van der Waals surface area contributed by atoms with E-state index in [1.807, 2.05) is 13.8 Å². The van der Waals surface area contributed by atoms with Crippen molar-refractivity contribution in [1.29, 1.82) is 0 Å². The van der Waals surface area contributed by atoms with Gasteiger partial charge in [-0.2, -0.15) is 0 Å². The molecule has 0 radical (unpaired) electrons. The molecule has 2 rings (SSSR count). The number of nitrogens with zero attached hydrogens (tertiary/aromatic N) is 4. The predicted octanol–water partition coefficient (Wildman–Crippen LogP) is 2.73. The first-order valence-electron chi connectivity index (χ1n) is 8.09. The summed E-state index contributed by atoms with van der Waals surface area (Å²) in [6.45, 7) is 8.61. The predicted molar refractivity (Wildman–Crippen MR) is 84.6 cm³/mol. The van der Waals surface area contributed by atoms with Crippen molar-refractivity contribution in [3.63, 3.8) is 0 Å². The Balaban J connectivity index is 2.12. The van der Waals surface area contributed by atoms with Gasteiger partial charge in [0.05, 0.1) is 5.56 Å². The van der Waals surface area contributed by atoms with E-state index >= 15 is 0 Å². The Labute approximate surface area is 127 Å². The maximum absolute atomic E-state index is 12.2. The first kappa shape index (κ1) is 15.7. The molecule has 5 heteroatoms. The van der Waals surface area contributed by atoms with Crippen molar-refractivity contribution in [3.8, 4) is 0 Å². The van der Waals surface area contributed by atoms with Crippen molar-refractivity contribution in [2.24, 2.45) is 0 Å². The minimum Gasteiger partial charge on any atom is -0.339 e. The highest BCUT2D eigenvalue weighted by molar-refractivity contribution is 5.93. The third-order valence-electron chi connectivity index (χ3n) is 4.29. The Kier molecular flexibility index (Phi) is 5.53. The monoisotopic (exact) mass is 290 g/mol. The van der Waals surface area contributed by atoms with Gasteiger partial charge < -0.3 is 9.80 Å². The van der Waals surface area contributed by atoms with E-state index in [0.717, 1.165) is 18.9 Å². The van der Waals surface area contributed by atoms with Gasteiger partial charge in [0.25, 0.3) is 5.91 Å². The van der Waals surface area contributed by atoms with Crippen molar-refractivity contribution in [1.82, 2.24) is 14.9 Å². The Morgan fingerprint density at radius 2 is 1.90 bits per heavy atom. The van der Waals surface area contributed by atoms with Crippen LogP contribution < -0.4 is 4.90 Å². The normalized spacial score (nSPS) is 18.6. The lowest BCUT2D eigenvalue weighted by molar-refractivity contribution is 0.0772. The van der Waals surface area contributed by atoms with Crippen LogP contribution in [0.1, 0.15) is 56.8 Å². The fraction of sp³-hybridized carbons (Fsp3) is 0.688. The largest absolute Gasteiger partial charge is 0.339 e. The maximum Gasteiger partial charge on any atom is 0.256 e. The molecule has 1 fully saturated rings. The molecule has 5 nitrogen and oxygen atoms in total. The number of amides is 1. The van der Waals surface area contributed by atoms with E-state index in [2.05, 4.69) is 21.8 Å². The SMILES string of the molecule is CCC1CCCCN1c1ncc(C(=O)N(CC)CC)cn1. The molecule has 0 aromatic carbocycles. The first-order chi connectivity index (χ1) is 10.2. The van der Waals surface area contributed by atoms with Crippen LogP contribution in [0.3, 0.4) is 0 Å². The summed E-state index contributed by atoms with van der Waals surface area (Å²) < 4.78 is 0. The molecular formula is C16H26N4O. The molecule has 0 bridgehead atoms. The molecule has 0 aliphatic carbocycles. The zero-order valence-electron chi connectivity index (χ0n) is 13.4. The minimum atomic E-state index is 0.0113. The van der Waals surface area contributed by atoms with Crippen molar-refractivity contribution in [3.05, 3.63) is 18.0 Å². The molecule has 116 valence electrons. The molecular weight excluding hydrogens is 264 g/mol. The summed E-state index contributed by atoms with van der Waals surface area (Å²) in [4.78, 5) is 25.2. The zero-order chi connectivity index (χ0) is 15.2. The summed E-state index contributed by atoms with van der Waals surface area (Å²) in [5.74, 6) is 0.773. The zero-order valence-corrected chi connectivity index (χ0v) is 13.4.